The molecule has 0 saturated carbocycles. The summed E-state index contributed by atoms with van der Waals surface area (Å²) in [5.41, 5.74) is 0. The van der Waals surface area contributed by atoms with Crippen LogP contribution in [0.1, 0.15) is 27.2 Å². The average Bonchev–Trinajstić information content (AvgIpc) is 1.89. The summed E-state index contributed by atoms with van der Waals surface area (Å²) in [6.45, 7) is 6.10. The molecule has 0 unspecified atom stereocenters. The first-order valence-corrected chi connectivity index (χ1v) is 11.0. The molecule has 0 aromatic heterocycles. The summed E-state index contributed by atoms with van der Waals surface area (Å²) in [5, 5.41) is 0. The molecule has 0 fully saturated rings. The molecule has 0 N–H and O–H groups in total. The fourth-order valence-electron chi connectivity index (χ4n) is 1.05. The van der Waals surface area contributed by atoms with E-state index >= 15 is 0 Å². The topological polar surface area (TPSA) is 0 Å². The van der Waals surface area contributed by atoms with Crippen LogP contribution in [0.15, 0.2) is 0 Å². The quantitative estimate of drug-likeness (QED) is 0.660. The summed E-state index contributed by atoms with van der Waals surface area (Å²) in [5.74, 6) is 0. The van der Waals surface area contributed by atoms with Gasteiger partial charge in [-0.15, -0.1) is 0 Å². The van der Waals surface area contributed by atoms with Crippen molar-refractivity contribution in [3.8, 4) is 0 Å². The van der Waals surface area contributed by atoms with Gasteiger partial charge in [-0.05, 0) is 0 Å². The predicted octanol–water partition coefficient (Wildman–Crippen LogP) is 3.35. The van der Waals surface area contributed by atoms with Crippen molar-refractivity contribution < 1.29 is 2.87 Å². The van der Waals surface area contributed by atoms with E-state index in [2.05, 4.69) is 6.92 Å². The summed E-state index contributed by atoms with van der Waals surface area (Å²) in [6.07, 6.45) is 1.05. The Morgan fingerprint density at radius 1 is 1.11 bits per heavy atom. The third-order valence-electron chi connectivity index (χ3n) is 1.97. The van der Waals surface area contributed by atoms with Gasteiger partial charge in [0.15, 0.2) is 0 Å². The molecule has 0 aliphatic heterocycles. The molecule has 0 heterocycles. The van der Waals surface area contributed by atoms with Gasteiger partial charge in [-0.25, -0.2) is 0 Å². The molecule has 9 heavy (non-hydrogen) atoms. The van der Waals surface area contributed by atoms with Crippen molar-refractivity contribution in [2.75, 3.05) is 0 Å². The van der Waals surface area contributed by atoms with Crippen molar-refractivity contribution in [1.29, 1.82) is 0 Å². The van der Waals surface area contributed by atoms with Crippen LogP contribution in [-0.2, 0) is 0 Å². The van der Waals surface area contributed by atoms with Gasteiger partial charge in [0.2, 0.25) is 0 Å². The normalized spacial score (nSPS) is 12.0. The standard InChI is InChI=1S/C3H7.2C2H5.FH.Sn/c1-3-2;2*1-2;;/h1,3H2,2H3;2*1H2,2H3;1H;/q;;;;+1/p-1. The van der Waals surface area contributed by atoms with Crippen LogP contribution in [0.5, 0.6) is 0 Å². The zero-order valence-corrected chi connectivity index (χ0v) is 9.56. The Kier molecular flexibility index (Phi) is 4.90. The second-order valence-corrected chi connectivity index (χ2v) is 14.6. The van der Waals surface area contributed by atoms with E-state index in [0.29, 0.717) is 0 Å². The Balaban J connectivity index is 3.62. The van der Waals surface area contributed by atoms with Crippen LogP contribution in [0, 0.1) is 0 Å². The van der Waals surface area contributed by atoms with E-state index in [1.54, 1.807) is 0 Å². The van der Waals surface area contributed by atoms with E-state index in [-0.39, 0.29) is 0 Å². The molecule has 0 aliphatic carbocycles. The molecule has 56 valence electrons. The van der Waals surface area contributed by atoms with E-state index in [1.165, 1.54) is 0 Å². The van der Waals surface area contributed by atoms with E-state index in [4.69, 9.17) is 0 Å². The molecule has 0 spiro atoms. The molecule has 0 amide bonds. The molecule has 0 bridgehead atoms. The Hall–Kier alpha value is 0.729. The van der Waals surface area contributed by atoms with Crippen LogP contribution < -0.4 is 0 Å². The average molecular weight is 239 g/mol. The molecular formula is C7H17FSn. The third-order valence-corrected chi connectivity index (χ3v) is 13.2. The predicted molar refractivity (Wildman–Crippen MR) is 42.9 cm³/mol. The van der Waals surface area contributed by atoms with Crippen LogP contribution in [0.2, 0.25) is 13.3 Å². The Morgan fingerprint density at radius 3 is 1.67 bits per heavy atom. The zero-order chi connectivity index (χ0) is 7.33. The van der Waals surface area contributed by atoms with Gasteiger partial charge in [0.25, 0.3) is 0 Å². The van der Waals surface area contributed by atoms with Crippen molar-refractivity contribution >= 4 is 18.9 Å². The first kappa shape index (κ1) is 9.73. The van der Waals surface area contributed by atoms with Crippen molar-refractivity contribution in [1.82, 2.24) is 0 Å². The van der Waals surface area contributed by atoms with Crippen LogP contribution in [-0.4, -0.2) is 18.9 Å². The number of rotatable bonds is 4. The van der Waals surface area contributed by atoms with Crippen LogP contribution in [0.4, 0.5) is 2.87 Å². The van der Waals surface area contributed by atoms with Gasteiger partial charge in [0.05, 0.1) is 0 Å². The summed E-state index contributed by atoms with van der Waals surface area (Å²) in [7, 11) is 0. The number of hydrogen-bond donors (Lipinski definition) is 0. The Morgan fingerprint density at radius 2 is 1.56 bits per heavy atom. The van der Waals surface area contributed by atoms with Gasteiger partial charge >= 0.3 is 62.3 Å². The van der Waals surface area contributed by atoms with E-state index in [9.17, 15) is 2.87 Å². The summed E-state index contributed by atoms with van der Waals surface area (Å²) in [6, 6.07) is 0. The number of hydrogen-bond acceptors (Lipinski definition) is 0. The van der Waals surface area contributed by atoms with Crippen LogP contribution >= 0.6 is 0 Å². The maximum absolute atomic E-state index is 13.5. The van der Waals surface area contributed by atoms with Crippen molar-refractivity contribution in [2.45, 2.75) is 40.5 Å². The first-order chi connectivity index (χ1) is 4.18. The molecule has 0 rings (SSSR count). The maximum atomic E-state index is 13.5. The molecular weight excluding hydrogens is 222 g/mol. The monoisotopic (exact) mass is 240 g/mol. The van der Waals surface area contributed by atoms with Crippen LogP contribution in [0.25, 0.3) is 0 Å². The third kappa shape index (κ3) is 3.43. The van der Waals surface area contributed by atoms with Crippen molar-refractivity contribution in [3.05, 3.63) is 0 Å². The molecule has 2 heteroatoms. The SMILES string of the molecule is CC[CH2][Sn]([F])([CH2]C)[CH2]C. The first-order valence-electron chi connectivity index (χ1n) is 3.87. The second-order valence-electron chi connectivity index (χ2n) is 2.61. The van der Waals surface area contributed by atoms with Gasteiger partial charge in [0.1, 0.15) is 0 Å². The minimum absolute atomic E-state index is 0.874. The minimum atomic E-state index is -2.88. The van der Waals surface area contributed by atoms with Gasteiger partial charge in [-0.2, -0.15) is 0 Å². The summed E-state index contributed by atoms with van der Waals surface area (Å²) < 4.78 is 16.1. The molecule has 0 atom stereocenters. The van der Waals surface area contributed by atoms with Gasteiger partial charge < -0.3 is 0 Å². The molecule has 0 radical (unpaired) electrons. The van der Waals surface area contributed by atoms with Crippen molar-refractivity contribution in [3.63, 3.8) is 0 Å². The second kappa shape index (κ2) is 4.53. The fraction of sp³-hybridized carbons (Fsp3) is 1.00. The van der Waals surface area contributed by atoms with Crippen LogP contribution in [0.3, 0.4) is 0 Å². The fourth-order valence-corrected chi connectivity index (χ4v) is 7.05. The molecule has 0 nitrogen and oxygen atoms in total. The molecule has 0 aromatic rings. The summed E-state index contributed by atoms with van der Waals surface area (Å²) >= 11 is -2.88. The van der Waals surface area contributed by atoms with Gasteiger partial charge in [0, 0.05) is 0 Å². The molecule has 0 aromatic carbocycles. The van der Waals surface area contributed by atoms with E-state index in [0.717, 1.165) is 19.7 Å². The molecule has 0 saturated heterocycles. The van der Waals surface area contributed by atoms with Crippen molar-refractivity contribution in [2.24, 2.45) is 0 Å². The zero-order valence-electron chi connectivity index (χ0n) is 6.71. The van der Waals surface area contributed by atoms with E-state index < -0.39 is 18.9 Å². The van der Waals surface area contributed by atoms with E-state index in [1.807, 2.05) is 13.8 Å². The Bertz CT molecular complexity index is 69.3. The van der Waals surface area contributed by atoms with Gasteiger partial charge in [-0.1, -0.05) is 0 Å². The van der Waals surface area contributed by atoms with Gasteiger partial charge in [-0.3, -0.25) is 0 Å². The summed E-state index contributed by atoms with van der Waals surface area (Å²) in [4.78, 5) is 0. The molecule has 0 aliphatic rings. The number of halogens is 1. The Labute approximate surface area is 62.5 Å².